The van der Waals surface area contributed by atoms with Crippen molar-refractivity contribution in [2.45, 2.75) is 59.4 Å². The van der Waals surface area contributed by atoms with Crippen molar-refractivity contribution in [3.63, 3.8) is 0 Å². The minimum atomic E-state index is -3.06. The lowest BCUT2D eigenvalue weighted by Gasteiger charge is -2.21. The fourth-order valence-electron chi connectivity index (χ4n) is 2.70. The molecule has 2 aromatic rings. The standard InChI is InChI=1S/C13H15BrF2O4.C12H15BrO4/c1-13(2,3)20-11(17)10-8(18-4)5-7(14)6-9(10)19-12(15)16;1-12(2,3)17-11(15)10-8(14)5-7(13)6-9(10)16-4/h5-6,12H,1-4H3;5-6,14H,1-4H3. The maximum absolute atomic E-state index is 12.4. The number of benzene rings is 2. The monoisotopic (exact) mass is 654 g/mol. The summed E-state index contributed by atoms with van der Waals surface area (Å²) in [7, 11) is 2.75. The molecule has 8 nitrogen and oxygen atoms in total. The average molecular weight is 656 g/mol. The number of esters is 2. The Bertz CT molecular complexity index is 1110. The summed E-state index contributed by atoms with van der Waals surface area (Å²) < 4.78 is 50.7. The van der Waals surface area contributed by atoms with E-state index in [1.807, 2.05) is 0 Å². The number of ether oxygens (including phenoxy) is 5. The Balaban J connectivity index is 0.000000375. The highest BCUT2D eigenvalue weighted by Crippen LogP contribution is 2.36. The van der Waals surface area contributed by atoms with Gasteiger partial charge in [-0.25, -0.2) is 9.59 Å². The third-order valence-corrected chi connectivity index (χ3v) is 4.85. The van der Waals surface area contributed by atoms with E-state index in [-0.39, 0.29) is 34.1 Å². The van der Waals surface area contributed by atoms with Crippen LogP contribution in [0.25, 0.3) is 0 Å². The van der Waals surface area contributed by atoms with Gasteiger partial charge in [0.1, 0.15) is 45.3 Å². The molecule has 0 spiro atoms. The molecule has 12 heteroatoms. The largest absolute Gasteiger partial charge is 0.507 e. The zero-order valence-electron chi connectivity index (χ0n) is 21.7. The molecule has 206 valence electrons. The molecule has 0 aliphatic rings. The number of phenols is 1. The summed E-state index contributed by atoms with van der Waals surface area (Å²) in [6.45, 7) is 7.22. The normalized spacial score (nSPS) is 11.3. The first kappa shape index (κ1) is 32.4. The SMILES string of the molecule is COc1cc(Br)cc(O)c1C(=O)OC(C)(C)C.COc1cc(Br)cc(OC(F)F)c1C(=O)OC(C)(C)C. The highest BCUT2D eigenvalue weighted by molar-refractivity contribution is 9.10. The second-order valence-electron chi connectivity index (χ2n) is 9.37. The van der Waals surface area contributed by atoms with Gasteiger partial charge in [-0.1, -0.05) is 31.9 Å². The molecule has 0 radical (unpaired) electrons. The number of phenolic OH excluding ortho intramolecular Hbond substituents is 1. The van der Waals surface area contributed by atoms with E-state index in [0.717, 1.165) is 0 Å². The predicted octanol–water partition coefficient (Wildman–Crippen LogP) is 7.13. The van der Waals surface area contributed by atoms with Crippen LogP contribution in [0.2, 0.25) is 0 Å². The Hall–Kier alpha value is -2.60. The number of aromatic hydroxyl groups is 1. The molecule has 0 saturated carbocycles. The third-order valence-electron chi connectivity index (χ3n) is 3.94. The number of methoxy groups -OCH3 is 2. The van der Waals surface area contributed by atoms with E-state index in [0.29, 0.717) is 8.95 Å². The maximum atomic E-state index is 12.4. The first-order valence-electron chi connectivity index (χ1n) is 10.7. The fourth-order valence-corrected chi connectivity index (χ4v) is 3.54. The van der Waals surface area contributed by atoms with Crippen molar-refractivity contribution in [2.24, 2.45) is 0 Å². The van der Waals surface area contributed by atoms with Gasteiger partial charge < -0.3 is 28.8 Å². The number of halogens is 4. The van der Waals surface area contributed by atoms with E-state index < -0.39 is 29.8 Å². The van der Waals surface area contributed by atoms with Gasteiger partial charge in [0, 0.05) is 8.95 Å². The predicted molar refractivity (Wildman–Crippen MR) is 140 cm³/mol. The van der Waals surface area contributed by atoms with Crippen LogP contribution >= 0.6 is 31.9 Å². The van der Waals surface area contributed by atoms with Gasteiger partial charge in [0.25, 0.3) is 0 Å². The summed E-state index contributed by atoms with van der Waals surface area (Å²) >= 11 is 6.34. The topological polar surface area (TPSA) is 101 Å². The molecule has 0 saturated heterocycles. The molecule has 0 unspecified atom stereocenters. The number of carbonyl (C=O) groups excluding carboxylic acids is 2. The summed E-state index contributed by atoms with van der Waals surface area (Å²) in [5.41, 5.74) is -1.53. The van der Waals surface area contributed by atoms with E-state index in [1.165, 1.54) is 32.4 Å². The van der Waals surface area contributed by atoms with Gasteiger partial charge in [-0.3, -0.25) is 0 Å². The Morgan fingerprint density at radius 2 is 1.14 bits per heavy atom. The zero-order chi connectivity index (χ0) is 28.7. The number of hydrogen-bond donors (Lipinski definition) is 1. The highest BCUT2D eigenvalue weighted by atomic mass is 79.9. The lowest BCUT2D eigenvalue weighted by molar-refractivity contribution is -0.0510. The van der Waals surface area contributed by atoms with Crippen LogP contribution in [-0.4, -0.2) is 49.1 Å². The van der Waals surface area contributed by atoms with E-state index in [9.17, 15) is 23.5 Å². The second-order valence-corrected chi connectivity index (χ2v) is 11.2. The van der Waals surface area contributed by atoms with Crippen molar-refractivity contribution >= 4 is 43.8 Å². The molecule has 37 heavy (non-hydrogen) atoms. The lowest BCUT2D eigenvalue weighted by atomic mass is 10.1. The number of hydrogen-bond acceptors (Lipinski definition) is 8. The Morgan fingerprint density at radius 3 is 1.54 bits per heavy atom. The van der Waals surface area contributed by atoms with Crippen LogP contribution in [0.4, 0.5) is 8.78 Å². The molecule has 0 heterocycles. The Morgan fingerprint density at radius 1 is 0.757 bits per heavy atom. The van der Waals surface area contributed by atoms with E-state index in [1.54, 1.807) is 47.6 Å². The molecule has 2 aromatic carbocycles. The molecule has 1 N–H and O–H groups in total. The quantitative estimate of drug-likeness (QED) is 0.328. The third kappa shape index (κ3) is 10.7. The smallest absolute Gasteiger partial charge is 0.387 e. The van der Waals surface area contributed by atoms with Gasteiger partial charge >= 0.3 is 18.6 Å². The van der Waals surface area contributed by atoms with Crippen LogP contribution in [0.5, 0.6) is 23.0 Å². The van der Waals surface area contributed by atoms with Crippen molar-refractivity contribution < 1.29 is 47.2 Å². The van der Waals surface area contributed by atoms with Crippen LogP contribution < -0.4 is 14.2 Å². The molecule has 0 bridgehead atoms. The molecule has 0 amide bonds. The summed E-state index contributed by atoms with van der Waals surface area (Å²) in [6.07, 6.45) is 0. The molecule has 0 fully saturated rings. The minimum Gasteiger partial charge on any atom is -0.507 e. The zero-order valence-corrected chi connectivity index (χ0v) is 24.9. The fraction of sp³-hybridized carbons (Fsp3) is 0.440. The first-order chi connectivity index (χ1) is 16.9. The van der Waals surface area contributed by atoms with Gasteiger partial charge in [0.15, 0.2) is 0 Å². The minimum absolute atomic E-state index is 0.0330. The summed E-state index contributed by atoms with van der Waals surface area (Å²) in [6, 6.07) is 5.74. The summed E-state index contributed by atoms with van der Waals surface area (Å²) in [5, 5.41) is 9.76. The number of alkyl halides is 2. The first-order valence-corrected chi connectivity index (χ1v) is 12.3. The van der Waals surface area contributed by atoms with Crippen LogP contribution in [0.1, 0.15) is 62.3 Å². The Labute approximate surface area is 231 Å². The molecule has 0 aliphatic heterocycles. The molecule has 2 rings (SSSR count). The van der Waals surface area contributed by atoms with Gasteiger partial charge in [-0.15, -0.1) is 0 Å². The number of carbonyl (C=O) groups is 2. The lowest BCUT2D eigenvalue weighted by Crippen LogP contribution is -2.25. The average Bonchev–Trinajstić information content (AvgIpc) is 2.69. The van der Waals surface area contributed by atoms with E-state index >= 15 is 0 Å². The van der Waals surface area contributed by atoms with Crippen molar-refractivity contribution in [3.8, 4) is 23.0 Å². The molecule has 0 aromatic heterocycles. The Kier molecular flexibility index (Phi) is 11.6. The van der Waals surface area contributed by atoms with Gasteiger partial charge in [-0.05, 0) is 65.8 Å². The van der Waals surface area contributed by atoms with Crippen LogP contribution in [-0.2, 0) is 9.47 Å². The van der Waals surface area contributed by atoms with Crippen molar-refractivity contribution in [1.29, 1.82) is 0 Å². The highest BCUT2D eigenvalue weighted by Gasteiger charge is 2.27. The van der Waals surface area contributed by atoms with E-state index in [4.69, 9.17) is 18.9 Å². The summed E-state index contributed by atoms with van der Waals surface area (Å²) in [5.74, 6) is -1.53. The molecule has 0 atom stereocenters. The molecule has 0 aliphatic carbocycles. The van der Waals surface area contributed by atoms with Gasteiger partial charge in [0.05, 0.1) is 14.2 Å². The van der Waals surface area contributed by atoms with Gasteiger partial charge in [0.2, 0.25) is 0 Å². The number of rotatable bonds is 6. The van der Waals surface area contributed by atoms with E-state index in [2.05, 4.69) is 36.6 Å². The van der Waals surface area contributed by atoms with Crippen LogP contribution in [0.15, 0.2) is 33.2 Å². The van der Waals surface area contributed by atoms with Crippen LogP contribution in [0.3, 0.4) is 0 Å². The summed E-state index contributed by atoms with van der Waals surface area (Å²) in [4.78, 5) is 24.0. The molecular formula is C25H30Br2F2O8. The van der Waals surface area contributed by atoms with Crippen molar-refractivity contribution in [2.75, 3.05) is 14.2 Å². The maximum Gasteiger partial charge on any atom is 0.387 e. The van der Waals surface area contributed by atoms with Crippen LogP contribution in [0, 0.1) is 0 Å². The second kappa shape index (κ2) is 13.3. The van der Waals surface area contributed by atoms with Gasteiger partial charge in [-0.2, -0.15) is 8.78 Å². The van der Waals surface area contributed by atoms with Crippen molar-refractivity contribution in [1.82, 2.24) is 0 Å². The van der Waals surface area contributed by atoms with Crippen molar-refractivity contribution in [3.05, 3.63) is 44.3 Å². The molecular weight excluding hydrogens is 626 g/mol.